The second-order valence-electron chi connectivity index (χ2n) is 4.45. The van der Waals surface area contributed by atoms with Crippen molar-refractivity contribution in [2.45, 2.75) is 32.3 Å². The highest BCUT2D eigenvalue weighted by atomic mass is 16.5. The van der Waals surface area contributed by atoms with Crippen LogP contribution >= 0.6 is 0 Å². The van der Waals surface area contributed by atoms with Crippen LogP contribution in [0.4, 0.5) is 0 Å². The number of nitrogens with zero attached hydrogens (tertiary/aromatic N) is 1. The normalized spacial score (nSPS) is 29.3. The zero-order valence-electron chi connectivity index (χ0n) is 9.31. The molecule has 78 valence electrons. The fourth-order valence-electron chi connectivity index (χ4n) is 3.06. The van der Waals surface area contributed by atoms with Crippen molar-refractivity contribution in [3.63, 3.8) is 0 Å². The molecule has 2 nitrogen and oxygen atoms in total. The number of hydrogen-bond acceptors (Lipinski definition) is 2. The Labute approximate surface area is 91.4 Å². The lowest BCUT2D eigenvalue weighted by atomic mass is 9.84. The lowest BCUT2D eigenvalue weighted by molar-refractivity contribution is 0.211. The molecule has 0 spiro atoms. The van der Waals surface area contributed by atoms with Gasteiger partial charge in [0.1, 0.15) is 0 Å². The van der Waals surface area contributed by atoms with Crippen molar-refractivity contribution >= 4 is 7.05 Å². The first kappa shape index (κ1) is 9.43. The molecule has 1 aromatic carbocycles. The minimum Gasteiger partial charge on any atom is -0.416 e. The third-order valence-corrected chi connectivity index (χ3v) is 3.71. The topological polar surface area (TPSA) is 12.5 Å². The molecule has 3 heteroatoms. The molecule has 1 fully saturated rings. The highest BCUT2D eigenvalue weighted by Crippen LogP contribution is 2.42. The summed E-state index contributed by atoms with van der Waals surface area (Å²) in [6, 6.07) is 9.25. The summed E-state index contributed by atoms with van der Waals surface area (Å²) >= 11 is 0. The quantitative estimate of drug-likeness (QED) is 0.645. The average molecular weight is 201 g/mol. The molecule has 0 unspecified atom stereocenters. The van der Waals surface area contributed by atoms with Gasteiger partial charge in [-0.2, -0.15) is 0 Å². The van der Waals surface area contributed by atoms with Gasteiger partial charge in [-0.25, -0.2) is 0 Å². The van der Waals surface area contributed by atoms with E-state index < -0.39 is 0 Å². The number of benzene rings is 1. The second kappa shape index (κ2) is 3.36. The molecular formula is C12H16BNO. The van der Waals surface area contributed by atoms with Crippen LogP contribution in [0, 0.1) is 0 Å². The minimum absolute atomic E-state index is 0.276. The fourth-order valence-corrected chi connectivity index (χ4v) is 3.06. The number of fused-ring (bicyclic) bond motifs is 3. The maximum atomic E-state index is 6.00. The van der Waals surface area contributed by atoms with Crippen LogP contribution in [-0.2, 0) is 11.1 Å². The first-order valence-corrected chi connectivity index (χ1v) is 5.80. The summed E-state index contributed by atoms with van der Waals surface area (Å²) in [5.41, 5.74) is 2.95. The molecule has 1 heterocycles. The number of likely N-dealkylation sites (N-methyl/N-ethyl adjacent to an activating group) is 1. The average Bonchev–Trinajstić information content (AvgIpc) is 2.72. The first-order valence-electron chi connectivity index (χ1n) is 5.80. The van der Waals surface area contributed by atoms with Gasteiger partial charge >= 0.3 is 7.05 Å². The van der Waals surface area contributed by atoms with E-state index in [0.717, 1.165) is 13.0 Å². The van der Waals surface area contributed by atoms with Gasteiger partial charge in [-0.1, -0.05) is 31.2 Å². The van der Waals surface area contributed by atoms with Crippen LogP contribution in [-0.4, -0.2) is 24.5 Å². The molecule has 0 N–H and O–H groups in total. The van der Waals surface area contributed by atoms with Gasteiger partial charge in [0, 0.05) is 0 Å². The van der Waals surface area contributed by atoms with Crippen molar-refractivity contribution in [2.24, 2.45) is 0 Å². The van der Waals surface area contributed by atoms with Crippen LogP contribution in [0.1, 0.15) is 24.1 Å². The third-order valence-electron chi connectivity index (χ3n) is 3.71. The van der Waals surface area contributed by atoms with Gasteiger partial charge in [-0.3, -0.25) is 0 Å². The zero-order chi connectivity index (χ0) is 10.4. The Kier molecular flexibility index (Phi) is 2.11. The summed E-state index contributed by atoms with van der Waals surface area (Å²) in [4.78, 5) is 2.45. The van der Waals surface area contributed by atoms with E-state index in [0.29, 0.717) is 12.1 Å². The van der Waals surface area contributed by atoms with Crippen LogP contribution in [0.5, 0.6) is 0 Å². The van der Waals surface area contributed by atoms with E-state index in [2.05, 4.69) is 42.8 Å². The van der Waals surface area contributed by atoms with Gasteiger partial charge in [0.25, 0.3) is 0 Å². The van der Waals surface area contributed by atoms with Crippen molar-refractivity contribution in [1.29, 1.82) is 0 Å². The molecular weight excluding hydrogens is 185 g/mol. The summed E-state index contributed by atoms with van der Waals surface area (Å²) < 4.78 is 6.00. The first-order chi connectivity index (χ1) is 7.31. The van der Waals surface area contributed by atoms with Crippen molar-refractivity contribution in [1.82, 2.24) is 4.81 Å². The Bertz CT molecular complexity index is 382. The van der Waals surface area contributed by atoms with Crippen molar-refractivity contribution in [2.75, 3.05) is 6.54 Å². The van der Waals surface area contributed by atoms with Crippen molar-refractivity contribution < 1.29 is 4.65 Å². The van der Waals surface area contributed by atoms with Gasteiger partial charge in [-0.15, -0.1) is 0 Å². The highest BCUT2D eigenvalue weighted by molar-refractivity contribution is 6.47. The predicted octanol–water partition coefficient (Wildman–Crippen LogP) is 2.12. The number of hydrogen-bond donors (Lipinski definition) is 0. The largest absolute Gasteiger partial charge is 0.416 e. The monoisotopic (exact) mass is 201 g/mol. The maximum Gasteiger partial charge on any atom is 0.379 e. The molecule has 0 saturated carbocycles. The van der Waals surface area contributed by atoms with Crippen molar-refractivity contribution in [3.05, 3.63) is 35.4 Å². The second-order valence-corrected chi connectivity index (χ2v) is 4.45. The molecule has 0 amide bonds. The van der Waals surface area contributed by atoms with E-state index in [1.807, 2.05) is 0 Å². The van der Waals surface area contributed by atoms with E-state index in [1.54, 1.807) is 0 Å². The molecule has 0 radical (unpaired) electrons. The Morgan fingerprint density at radius 2 is 2.27 bits per heavy atom. The molecule has 15 heavy (non-hydrogen) atoms. The van der Waals surface area contributed by atoms with Gasteiger partial charge in [0.2, 0.25) is 0 Å². The summed E-state index contributed by atoms with van der Waals surface area (Å²) in [7, 11) is 0.276. The molecule has 3 rings (SSSR count). The fraction of sp³-hybridized carbons (Fsp3) is 0.500. The van der Waals surface area contributed by atoms with E-state index in [1.165, 1.54) is 11.1 Å². The van der Waals surface area contributed by atoms with Crippen LogP contribution in [0.15, 0.2) is 24.3 Å². The van der Waals surface area contributed by atoms with Crippen LogP contribution in [0.25, 0.3) is 0 Å². The minimum atomic E-state index is 0.276. The molecule has 0 bridgehead atoms. The van der Waals surface area contributed by atoms with Crippen LogP contribution < -0.4 is 0 Å². The SMILES string of the molecule is CCN1B(C)O[C@H]2Cc3ccccc3[C@H]21. The van der Waals surface area contributed by atoms with E-state index in [-0.39, 0.29) is 7.05 Å². The van der Waals surface area contributed by atoms with E-state index >= 15 is 0 Å². The number of rotatable bonds is 1. The van der Waals surface area contributed by atoms with Crippen LogP contribution in [0.2, 0.25) is 6.82 Å². The molecule has 2 atom stereocenters. The van der Waals surface area contributed by atoms with E-state index in [4.69, 9.17) is 4.65 Å². The van der Waals surface area contributed by atoms with E-state index in [9.17, 15) is 0 Å². The molecule has 1 saturated heterocycles. The van der Waals surface area contributed by atoms with Gasteiger partial charge < -0.3 is 9.47 Å². The summed E-state index contributed by atoms with van der Waals surface area (Å²) in [6.07, 6.45) is 1.47. The summed E-state index contributed by atoms with van der Waals surface area (Å²) in [6.45, 7) is 5.43. The molecule has 1 aromatic rings. The van der Waals surface area contributed by atoms with Gasteiger partial charge in [0.15, 0.2) is 0 Å². The molecule has 0 aromatic heterocycles. The third kappa shape index (κ3) is 1.26. The highest BCUT2D eigenvalue weighted by Gasteiger charge is 2.46. The molecule has 2 aliphatic rings. The van der Waals surface area contributed by atoms with Gasteiger partial charge in [0.05, 0.1) is 12.1 Å². The Balaban J connectivity index is 2.01. The Morgan fingerprint density at radius 3 is 3.07 bits per heavy atom. The zero-order valence-corrected chi connectivity index (χ0v) is 9.31. The van der Waals surface area contributed by atoms with Crippen LogP contribution in [0.3, 0.4) is 0 Å². The maximum absolute atomic E-state index is 6.00. The van der Waals surface area contributed by atoms with Gasteiger partial charge in [-0.05, 0) is 30.9 Å². The Morgan fingerprint density at radius 1 is 1.47 bits per heavy atom. The standard InChI is InChI=1S/C12H16BNO/c1-3-14-12-10-7-5-4-6-9(10)8-11(12)15-13(14)2/h4-7,11-12H,3,8H2,1-2H3/t11-,12+/m0/s1. The molecule has 1 aliphatic heterocycles. The summed E-state index contributed by atoms with van der Waals surface area (Å²) in [5.74, 6) is 0. The Hall–Kier alpha value is -0.795. The predicted molar refractivity (Wildman–Crippen MR) is 61.8 cm³/mol. The lowest BCUT2D eigenvalue weighted by Crippen LogP contribution is -2.33. The molecule has 1 aliphatic carbocycles. The summed E-state index contributed by atoms with van der Waals surface area (Å²) in [5, 5.41) is 0. The van der Waals surface area contributed by atoms with Crippen molar-refractivity contribution in [3.8, 4) is 0 Å². The smallest absolute Gasteiger partial charge is 0.379 e. The lowest BCUT2D eigenvalue weighted by Gasteiger charge is -2.23.